The molecule has 1 saturated heterocycles. The van der Waals surface area contributed by atoms with Crippen LogP contribution in [0.5, 0.6) is 0 Å². The van der Waals surface area contributed by atoms with E-state index in [0.29, 0.717) is 5.76 Å². The molecular formula is C21H16N2O6S. The number of amides is 1. The summed E-state index contributed by atoms with van der Waals surface area (Å²) in [6, 6.07) is 9.74. The lowest BCUT2D eigenvalue weighted by Gasteiger charge is -2.24. The number of benzene rings is 1. The predicted octanol–water partition coefficient (Wildman–Crippen LogP) is 4.18. The van der Waals surface area contributed by atoms with Gasteiger partial charge in [0.05, 0.1) is 23.3 Å². The van der Waals surface area contributed by atoms with Gasteiger partial charge in [-0.25, -0.2) is 0 Å². The van der Waals surface area contributed by atoms with Crippen LogP contribution >= 0.6 is 11.3 Å². The molecule has 1 aliphatic heterocycles. The van der Waals surface area contributed by atoms with Gasteiger partial charge in [0.25, 0.3) is 17.4 Å². The van der Waals surface area contributed by atoms with E-state index < -0.39 is 28.4 Å². The van der Waals surface area contributed by atoms with Gasteiger partial charge < -0.3 is 14.4 Å². The van der Waals surface area contributed by atoms with Gasteiger partial charge >= 0.3 is 0 Å². The first-order chi connectivity index (χ1) is 14.4. The van der Waals surface area contributed by atoms with Gasteiger partial charge in [-0.1, -0.05) is 12.1 Å². The molecule has 1 amide bonds. The van der Waals surface area contributed by atoms with Crippen LogP contribution in [0.2, 0.25) is 0 Å². The molecule has 30 heavy (non-hydrogen) atoms. The van der Waals surface area contributed by atoms with Gasteiger partial charge in [-0.2, -0.15) is 0 Å². The summed E-state index contributed by atoms with van der Waals surface area (Å²) in [4.78, 5) is 38.4. The number of likely N-dealkylation sites (tertiary alicyclic amines) is 1. The van der Waals surface area contributed by atoms with E-state index in [1.54, 1.807) is 12.1 Å². The van der Waals surface area contributed by atoms with E-state index >= 15 is 0 Å². The van der Waals surface area contributed by atoms with Crippen molar-refractivity contribution < 1.29 is 24.0 Å². The smallest absolute Gasteiger partial charge is 0.296 e. The standard InChI is InChI=1S/C21H16N2O6S/c1-12-7-9-30-20(12)17-16(18(24)13-4-2-5-14(10-13)23(27)28)19(25)21(26)22(17)11-15-6-3-8-29-15/h2-10,17,24H,11H2,1H3/b18-16-. The number of non-ortho nitro benzene ring substituents is 1. The van der Waals surface area contributed by atoms with Crippen LogP contribution < -0.4 is 0 Å². The average Bonchev–Trinajstić information content (AvgIpc) is 3.45. The number of aliphatic hydroxyl groups is 1. The van der Waals surface area contributed by atoms with Crippen LogP contribution in [-0.2, 0) is 16.1 Å². The monoisotopic (exact) mass is 424 g/mol. The molecule has 9 heteroatoms. The van der Waals surface area contributed by atoms with Crippen molar-refractivity contribution in [1.29, 1.82) is 0 Å². The molecule has 1 aliphatic rings. The summed E-state index contributed by atoms with van der Waals surface area (Å²) in [6.07, 6.45) is 1.47. The van der Waals surface area contributed by atoms with Crippen molar-refractivity contribution in [3.63, 3.8) is 0 Å². The van der Waals surface area contributed by atoms with Crippen LogP contribution in [0.15, 0.2) is 64.1 Å². The highest BCUT2D eigenvalue weighted by Crippen LogP contribution is 2.43. The topological polar surface area (TPSA) is 114 Å². The van der Waals surface area contributed by atoms with Crippen LogP contribution in [0.3, 0.4) is 0 Å². The molecule has 0 aliphatic carbocycles. The van der Waals surface area contributed by atoms with E-state index in [2.05, 4.69) is 0 Å². The van der Waals surface area contributed by atoms with E-state index in [1.165, 1.54) is 46.8 Å². The maximum atomic E-state index is 12.9. The zero-order chi connectivity index (χ0) is 21.4. The molecule has 1 fully saturated rings. The molecule has 3 heterocycles. The second-order valence-corrected chi connectivity index (χ2v) is 7.73. The molecule has 4 rings (SSSR count). The summed E-state index contributed by atoms with van der Waals surface area (Å²) >= 11 is 1.36. The number of carbonyl (C=O) groups excluding carboxylic acids is 2. The molecule has 1 unspecified atom stereocenters. The number of furan rings is 1. The summed E-state index contributed by atoms with van der Waals surface area (Å²) in [5, 5.41) is 23.9. The molecule has 0 spiro atoms. The number of Topliss-reactive ketones (excluding diaryl/α,β-unsaturated/α-hetero) is 1. The summed E-state index contributed by atoms with van der Waals surface area (Å²) in [6.45, 7) is 1.90. The minimum Gasteiger partial charge on any atom is -0.507 e. The Labute approximate surface area is 174 Å². The maximum absolute atomic E-state index is 12.9. The minimum absolute atomic E-state index is 0.0469. The molecule has 0 radical (unpaired) electrons. The van der Waals surface area contributed by atoms with Crippen molar-refractivity contribution in [2.75, 3.05) is 0 Å². The number of carbonyl (C=O) groups is 2. The Bertz CT molecular complexity index is 1180. The van der Waals surface area contributed by atoms with Gasteiger partial charge in [0, 0.05) is 22.6 Å². The Morgan fingerprint density at radius 3 is 2.70 bits per heavy atom. The highest BCUT2D eigenvalue weighted by Gasteiger charge is 2.47. The third-order valence-electron chi connectivity index (χ3n) is 4.93. The molecule has 3 aromatic rings. The zero-order valence-corrected chi connectivity index (χ0v) is 16.6. The number of hydrogen-bond acceptors (Lipinski definition) is 7. The molecule has 8 nitrogen and oxygen atoms in total. The van der Waals surface area contributed by atoms with E-state index in [-0.39, 0.29) is 23.4 Å². The van der Waals surface area contributed by atoms with Crippen LogP contribution in [0, 0.1) is 17.0 Å². The Morgan fingerprint density at radius 1 is 1.27 bits per heavy atom. The van der Waals surface area contributed by atoms with Gasteiger partial charge in [0.1, 0.15) is 17.6 Å². The van der Waals surface area contributed by atoms with Gasteiger partial charge in [0.15, 0.2) is 0 Å². The number of rotatable bonds is 5. The van der Waals surface area contributed by atoms with E-state index in [1.807, 2.05) is 18.4 Å². The van der Waals surface area contributed by atoms with Crippen LogP contribution in [0.4, 0.5) is 5.69 Å². The van der Waals surface area contributed by atoms with E-state index in [4.69, 9.17) is 4.42 Å². The Hall–Kier alpha value is -3.72. The molecule has 0 bridgehead atoms. The molecule has 0 saturated carbocycles. The summed E-state index contributed by atoms with van der Waals surface area (Å²) in [7, 11) is 0. The van der Waals surface area contributed by atoms with Crippen molar-refractivity contribution >= 4 is 34.5 Å². The van der Waals surface area contributed by atoms with Gasteiger partial charge in [-0.3, -0.25) is 19.7 Å². The largest absolute Gasteiger partial charge is 0.507 e. The summed E-state index contributed by atoms with van der Waals surface area (Å²) in [5.74, 6) is -1.57. The zero-order valence-electron chi connectivity index (χ0n) is 15.8. The lowest BCUT2D eigenvalue weighted by atomic mass is 9.98. The number of nitro benzene ring substituents is 1. The predicted molar refractivity (Wildman–Crippen MR) is 109 cm³/mol. The molecular weight excluding hydrogens is 408 g/mol. The molecule has 1 atom stereocenters. The van der Waals surface area contributed by atoms with E-state index in [0.717, 1.165) is 10.4 Å². The third-order valence-corrected chi connectivity index (χ3v) is 6.00. The number of aryl methyl sites for hydroxylation is 1. The average molecular weight is 424 g/mol. The Morgan fingerprint density at radius 2 is 2.07 bits per heavy atom. The Kier molecular flexibility index (Phi) is 4.96. The number of hydrogen-bond donors (Lipinski definition) is 1. The van der Waals surface area contributed by atoms with Crippen molar-refractivity contribution in [3.8, 4) is 0 Å². The highest BCUT2D eigenvalue weighted by atomic mass is 32.1. The highest BCUT2D eigenvalue weighted by molar-refractivity contribution is 7.10. The van der Waals surface area contributed by atoms with Crippen molar-refractivity contribution in [2.24, 2.45) is 0 Å². The molecule has 1 aromatic carbocycles. The fourth-order valence-corrected chi connectivity index (χ4v) is 4.52. The molecule has 152 valence electrons. The van der Waals surface area contributed by atoms with Crippen LogP contribution in [0.1, 0.15) is 27.8 Å². The number of nitro groups is 1. The van der Waals surface area contributed by atoms with Gasteiger partial charge in [0.2, 0.25) is 0 Å². The Balaban J connectivity index is 1.88. The van der Waals surface area contributed by atoms with Crippen molar-refractivity contribution in [2.45, 2.75) is 19.5 Å². The number of ketones is 1. The first kappa shape index (κ1) is 19.6. The molecule has 2 aromatic heterocycles. The normalized spacial score (nSPS) is 18.2. The lowest BCUT2D eigenvalue weighted by molar-refractivity contribution is -0.384. The molecule has 1 N–H and O–H groups in total. The van der Waals surface area contributed by atoms with Gasteiger partial charge in [-0.05, 0) is 36.1 Å². The number of nitrogens with zero attached hydrogens (tertiary/aromatic N) is 2. The quantitative estimate of drug-likeness (QED) is 0.216. The fourth-order valence-electron chi connectivity index (χ4n) is 3.47. The summed E-state index contributed by atoms with van der Waals surface area (Å²) in [5.41, 5.74) is 0.631. The van der Waals surface area contributed by atoms with Gasteiger partial charge in [-0.15, -0.1) is 11.3 Å². The van der Waals surface area contributed by atoms with Crippen LogP contribution in [0.25, 0.3) is 5.76 Å². The van der Waals surface area contributed by atoms with Crippen LogP contribution in [-0.4, -0.2) is 26.6 Å². The first-order valence-corrected chi connectivity index (χ1v) is 9.86. The lowest BCUT2D eigenvalue weighted by Crippen LogP contribution is -2.28. The van der Waals surface area contributed by atoms with E-state index in [9.17, 15) is 24.8 Å². The maximum Gasteiger partial charge on any atom is 0.296 e. The number of thiophene rings is 1. The SMILES string of the molecule is Cc1ccsc1C1/C(=C(/O)c2cccc([N+](=O)[O-])c2)C(=O)C(=O)N1Cc1ccco1. The second-order valence-electron chi connectivity index (χ2n) is 6.78. The second kappa shape index (κ2) is 7.60. The summed E-state index contributed by atoms with van der Waals surface area (Å²) < 4.78 is 5.34. The number of aliphatic hydroxyl groups excluding tert-OH is 1. The fraction of sp³-hybridized carbons (Fsp3) is 0.143. The minimum atomic E-state index is -0.844. The third kappa shape index (κ3) is 3.29. The van der Waals surface area contributed by atoms with Crippen molar-refractivity contribution in [1.82, 2.24) is 4.90 Å². The first-order valence-electron chi connectivity index (χ1n) is 8.98. The van der Waals surface area contributed by atoms with Crippen molar-refractivity contribution in [3.05, 3.63) is 91.6 Å².